The molecule has 4 rings (SSSR count). The first-order valence-electron chi connectivity index (χ1n) is 12.1. The van der Waals surface area contributed by atoms with Crippen molar-refractivity contribution in [2.24, 2.45) is 4.99 Å². The largest absolute Gasteiger partial charge is 0.494 e. The van der Waals surface area contributed by atoms with E-state index in [1.54, 1.807) is 44.6 Å². The molecule has 3 aromatic rings. The third-order valence-electron chi connectivity index (χ3n) is 6.53. The number of likely N-dealkylation sites (tertiary alicyclic amines) is 1. The number of benzene rings is 2. The maximum atomic E-state index is 12.5. The minimum atomic E-state index is -3.42. The van der Waals surface area contributed by atoms with Gasteiger partial charge in [-0.1, -0.05) is 6.92 Å². The molecule has 10 heteroatoms. The van der Waals surface area contributed by atoms with Crippen molar-refractivity contribution >= 4 is 38.0 Å². The Hall–Kier alpha value is -3.24. The highest BCUT2D eigenvalue weighted by molar-refractivity contribution is 7.92. The number of aromatic hydroxyl groups is 1. The van der Waals surface area contributed by atoms with Crippen LogP contribution >= 0.6 is 0 Å². The number of aromatic nitrogens is 1. The fourth-order valence-corrected chi connectivity index (χ4v) is 5.60. The average molecular weight is 515 g/mol. The van der Waals surface area contributed by atoms with E-state index in [2.05, 4.69) is 9.88 Å². The van der Waals surface area contributed by atoms with E-state index in [4.69, 9.17) is 14.5 Å². The number of aromatic amines is 1. The normalized spacial score (nSPS) is 14.9. The number of anilines is 1. The van der Waals surface area contributed by atoms with E-state index in [1.807, 2.05) is 13.0 Å². The predicted molar refractivity (Wildman–Crippen MR) is 144 cm³/mol. The molecule has 2 heterocycles. The van der Waals surface area contributed by atoms with Crippen LogP contribution in [0.1, 0.15) is 31.7 Å². The Morgan fingerprint density at radius 3 is 2.33 bits per heavy atom. The van der Waals surface area contributed by atoms with Crippen LogP contribution in [-0.4, -0.2) is 75.8 Å². The van der Waals surface area contributed by atoms with Gasteiger partial charge in [0.25, 0.3) is 0 Å². The SMILES string of the molecule is CCC(=Nc1ccc(N(CCN2CCCC2)S(C)(=O)=O)cc1)c1c(O)[nH]c2cc(OC)c(OC)cc12. The maximum Gasteiger partial charge on any atom is 0.232 e. The van der Waals surface area contributed by atoms with Gasteiger partial charge in [-0.3, -0.25) is 9.30 Å². The molecule has 1 aliphatic rings. The van der Waals surface area contributed by atoms with Crippen molar-refractivity contribution in [2.45, 2.75) is 26.2 Å². The number of nitrogens with zero attached hydrogens (tertiary/aromatic N) is 3. The first-order valence-corrected chi connectivity index (χ1v) is 13.9. The summed E-state index contributed by atoms with van der Waals surface area (Å²) in [6, 6.07) is 10.8. The Morgan fingerprint density at radius 2 is 1.75 bits per heavy atom. The average Bonchev–Trinajstić information content (AvgIpc) is 3.48. The van der Waals surface area contributed by atoms with E-state index in [0.717, 1.165) is 31.3 Å². The maximum absolute atomic E-state index is 12.5. The Kier molecular flexibility index (Phi) is 7.75. The van der Waals surface area contributed by atoms with E-state index in [1.165, 1.54) is 10.6 Å². The molecule has 0 bridgehead atoms. The van der Waals surface area contributed by atoms with Crippen molar-refractivity contribution in [3.63, 3.8) is 0 Å². The number of H-pyrrole nitrogens is 1. The second-order valence-corrected chi connectivity index (χ2v) is 10.8. The van der Waals surface area contributed by atoms with Crippen LogP contribution in [0.3, 0.4) is 0 Å². The smallest absolute Gasteiger partial charge is 0.232 e. The lowest BCUT2D eigenvalue weighted by molar-refractivity contribution is 0.349. The number of fused-ring (bicyclic) bond motifs is 1. The molecule has 2 N–H and O–H groups in total. The van der Waals surface area contributed by atoms with E-state index in [-0.39, 0.29) is 5.88 Å². The van der Waals surface area contributed by atoms with Crippen LogP contribution < -0.4 is 13.8 Å². The van der Waals surface area contributed by atoms with E-state index < -0.39 is 10.0 Å². The van der Waals surface area contributed by atoms with Crippen LogP contribution in [0.5, 0.6) is 17.4 Å². The molecule has 0 atom stereocenters. The van der Waals surface area contributed by atoms with Crippen LogP contribution in [0, 0.1) is 0 Å². The molecule has 36 heavy (non-hydrogen) atoms. The zero-order chi connectivity index (χ0) is 25.9. The van der Waals surface area contributed by atoms with Crippen LogP contribution in [0.25, 0.3) is 10.9 Å². The number of hydrogen-bond donors (Lipinski definition) is 2. The summed E-state index contributed by atoms with van der Waals surface area (Å²) in [5.41, 5.74) is 3.27. The van der Waals surface area contributed by atoms with Gasteiger partial charge in [-0.2, -0.15) is 0 Å². The van der Waals surface area contributed by atoms with Crippen LogP contribution in [0.4, 0.5) is 11.4 Å². The molecule has 0 radical (unpaired) electrons. The molecule has 0 spiro atoms. The molecule has 1 saturated heterocycles. The molecule has 0 saturated carbocycles. The Morgan fingerprint density at radius 1 is 1.11 bits per heavy atom. The Bertz CT molecular complexity index is 1340. The van der Waals surface area contributed by atoms with Crippen molar-refractivity contribution in [1.82, 2.24) is 9.88 Å². The molecule has 1 fully saturated rings. The van der Waals surface area contributed by atoms with Gasteiger partial charge in [0.05, 0.1) is 48.6 Å². The topological polar surface area (TPSA) is 107 Å². The monoisotopic (exact) mass is 514 g/mol. The lowest BCUT2D eigenvalue weighted by Crippen LogP contribution is -2.37. The highest BCUT2D eigenvalue weighted by Crippen LogP contribution is 2.37. The van der Waals surface area contributed by atoms with Gasteiger partial charge in [0.15, 0.2) is 17.4 Å². The van der Waals surface area contributed by atoms with Crippen LogP contribution in [0.2, 0.25) is 0 Å². The minimum absolute atomic E-state index is 0.0164. The number of hydrogen-bond acceptors (Lipinski definition) is 7. The standard InChI is InChI=1S/C26H34N4O5S/c1-5-21(25-20-16-23(34-2)24(35-3)17-22(20)28-26(25)31)27-18-8-10-19(11-9-18)30(36(4,32)33)15-14-29-12-6-7-13-29/h8-11,16-17,28,31H,5-7,12-15H2,1-4H3. The Balaban J connectivity index is 1.64. The summed E-state index contributed by atoms with van der Waals surface area (Å²) in [7, 11) is -0.287. The quantitative estimate of drug-likeness (QED) is 0.391. The summed E-state index contributed by atoms with van der Waals surface area (Å²) in [5, 5.41) is 11.5. The molecule has 1 aliphatic heterocycles. The highest BCUT2D eigenvalue weighted by atomic mass is 32.2. The van der Waals surface area contributed by atoms with Crippen LogP contribution in [-0.2, 0) is 10.0 Å². The molecule has 0 aliphatic carbocycles. The second kappa shape index (κ2) is 10.8. The predicted octanol–water partition coefficient (Wildman–Crippen LogP) is 4.28. The van der Waals surface area contributed by atoms with E-state index >= 15 is 0 Å². The van der Waals surface area contributed by atoms with Gasteiger partial charge in [0, 0.05) is 24.5 Å². The van der Waals surface area contributed by atoms with Gasteiger partial charge in [0.2, 0.25) is 10.0 Å². The van der Waals surface area contributed by atoms with Gasteiger partial charge in [-0.05, 0) is 62.7 Å². The zero-order valence-electron chi connectivity index (χ0n) is 21.2. The van der Waals surface area contributed by atoms with Gasteiger partial charge in [-0.15, -0.1) is 0 Å². The third-order valence-corrected chi connectivity index (χ3v) is 7.72. The summed E-state index contributed by atoms with van der Waals surface area (Å²) < 4.78 is 37.2. The van der Waals surface area contributed by atoms with Crippen molar-refractivity contribution in [1.29, 1.82) is 0 Å². The summed E-state index contributed by atoms with van der Waals surface area (Å²) in [6.07, 6.45) is 4.14. The first-order chi connectivity index (χ1) is 17.2. The molecule has 194 valence electrons. The lowest BCUT2D eigenvalue weighted by Gasteiger charge is -2.25. The number of rotatable bonds is 10. The fourth-order valence-electron chi connectivity index (χ4n) is 4.68. The van der Waals surface area contributed by atoms with E-state index in [0.29, 0.717) is 59.2 Å². The number of sulfonamides is 1. The minimum Gasteiger partial charge on any atom is -0.494 e. The number of ether oxygens (including phenoxy) is 2. The van der Waals surface area contributed by atoms with Gasteiger partial charge >= 0.3 is 0 Å². The summed E-state index contributed by atoms with van der Waals surface area (Å²) in [4.78, 5) is 10.1. The lowest BCUT2D eigenvalue weighted by atomic mass is 10.1. The Labute approximate surface area is 212 Å². The van der Waals surface area contributed by atoms with Gasteiger partial charge in [0.1, 0.15) is 0 Å². The molecule has 9 nitrogen and oxygen atoms in total. The first kappa shape index (κ1) is 25.8. The van der Waals surface area contributed by atoms with Crippen molar-refractivity contribution in [2.75, 3.05) is 51.0 Å². The third kappa shape index (κ3) is 5.44. The fraction of sp³-hybridized carbons (Fsp3) is 0.423. The highest BCUT2D eigenvalue weighted by Gasteiger charge is 2.21. The summed E-state index contributed by atoms with van der Waals surface area (Å²) in [5.74, 6) is 1.13. The number of methoxy groups -OCH3 is 2. The zero-order valence-corrected chi connectivity index (χ0v) is 22.1. The molecular formula is C26H34N4O5S. The summed E-state index contributed by atoms with van der Waals surface area (Å²) in [6.45, 7) is 5.13. The van der Waals surface area contributed by atoms with Crippen LogP contribution in [0.15, 0.2) is 41.4 Å². The van der Waals surface area contributed by atoms with Crippen molar-refractivity contribution < 1.29 is 23.0 Å². The van der Waals surface area contributed by atoms with Crippen molar-refractivity contribution in [3.8, 4) is 17.4 Å². The second-order valence-electron chi connectivity index (χ2n) is 8.91. The number of aliphatic imine (C=N–C) groups is 1. The molecular weight excluding hydrogens is 480 g/mol. The number of nitrogens with one attached hydrogen (secondary N) is 1. The molecule has 1 aromatic heterocycles. The van der Waals surface area contributed by atoms with Crippen molar-refractivity contribution in [3.05, 3.63) is 42.0 Å². The van der Waals surface area contributed by atoms with E-state index in [9.17, 15) is 13.5 Å². The molecule has 0 amide bonds. The van der Waals surface area contributed by atoms with Gasteiger partial charge in [-0.25, -0.2) is 8.42 Å². The molecule has 2 aromatic carbocycles. The molecule has 0 unspecified atom stereocenters. The summed E-state index contributed by atoms with van der Waals surface area (Å²) >= 11 is 0. The van der Waals surface area contributed by atoms with Gasteiger partial charge < -0.3 is 24.5 Å².